The fourth-order valence-electron chi connectivity index (χ4n) is 0.764. The molecule has 0 aromatic carbocycles. The van der Waals surface area contributed by atoms with Crippen molar-refractivity contribution in [3.8, 4) is 0 Å². The molecular weight excluding hydrogens is 259 g/mol. The summed E-state index contributed by atoms with van der Waals surface area (Å²) in [5.41, 5.74) is 0. The number of hydrogen-bond donors (Lipinski definition) is 1. The van der Waals surface area contributed by atoms with E-state index in [1.807, 2.05) is 22.6 Å². The maximum absolute atomic E-state index is 11.1. The molecule has 3 nitrogen and oxygen atoms in total. The van der Waals surface area contributed by atoms with Gasteiger partial charge in [0.2, 0.25) is 0 Å². The van der Waals surface area contributed by atoms with Crippen molar-refractivity contribution in [1.82, 2.24) is 0 Å². The summed E-state index contributed by atoms with van der Waals surface area (Å²) in [6.45, 7) is 0. The number of Topliss-reactive ketones (excluding diaryl/α,β-unsaturated/α-hetero) is 1. The van der Waals surface area contributed by atoms with E-state index in [-0.39, 0.29) is 5.78 Å². The molecule has 0 aromatic heterocycles. The maximum Gasteiger partial charge on any atom is 0.318 e. The van der Waals surface area contributed by atoms with Crippen LogP contribution in [0.2, 0.25) is 0 Å². The molecular formula is C7H5IO3. The fraction of sp³-hybridized carbons (Fsp3) is 0.143. The number of hydrogen-bond acceptors (Lipinski definition) is 2. The van der Waals surface area contributed by atoms with E-state index in [1.54, 1.807) is 12.2 Å². The Morgan fingerprint density at radius 3 is 2.73 bits per heavy atom. The Kier molecular flexibility index (Phi) is 2.43. The molecule has 0 aliphatic heterocycles. The number of halogens is 1. The van der Waals surface area contributed by atoms with Gasteiger partial charge in [0, 0.05) is 0 Å². The topological polar surface area (TPSA) is 54.4 Å². The zero-order valence-corrected chi connectivity index (χ0v) is 7.61. The van der Waals surface area contributed by atoms with E-state index in [9.17, 15) is 9.59 Å². The van der Waals surface area contributed by atoms with Crippen LogP contribution in [0.4, 0.5) is 0 Å². The van der Waals surface area contributed by atoms with E-state index in [0.29, 0.717) is 3.58 Å². The standard InChI is InChI=1S/C7H5IO3/c8-5-3-1-2-4(6(5)9)7(10)11/h1-4H,(H,10,11). The van der Waals surface area contributed by atoms with Gasteiger partial charge in [-0.2, -0.15) is 0 Å². The summed E-state index contributed by atoms with van der Waals surface area (Å²) in [5, 5.41) is 8.52. The SMILES string of the molecule is O=C(O)C1C=CC=C(I)C1=O. The van der Waals surface area contributed by atoms with Gasteiger partial charge in [0.25, 0.3) is 0 Å². The molecule has 0 aromatic rings. The van der Waals surface area contributed by atoms with Crippen molar-refractivity contribution in [3.05, 3.63) is 21.8 Å². The third-order valence-electron chi connectivity index (χ3n) is 1.33. The Labute approximate surface area is 76.9 Å². The van der Waals surface area contributed by atoms with Gasteiger partial charge in [-0.3, -0.25) is 9.59 Å². The van der Waals surface area contributed by atoms with Crippen LogP contribution in [0.3, 0.4) is 0 Å². The third kappa shape index (κ3) is 1.68. The van der Waals surface area contributed by atoms with Crippen LogP contribution in [-0.2, 0) is 9.59 Å². The number of carboxylic acid groups (broad SMARTS) is 1. The quantitative estimate of drug-likeness (QED) is 0.570. The molecule has 0 bridgehead atoms. The van der Waals surface area contributed by atoms with E-state index in [4.69, 9.17) is 5.11 Å². The van der Waals surface area contributed by atoms with Gasteiger partial charge >= 0.3 is 5.97 Å². The Morgan fingerprint density at radius 2 is 2.27 bits per heavy atom. The number of rotatable bonds is 1. The lowest BCUT2D eigenvalue weighted by Gasteiger charge is -2.08. The first-order valence-electron chi connectivity index (χ1n) is 2.94. The molecule has 1 aliphatic rings. The minimum absolute atomic E-state index is 0.333. The first-order chi connectivity index (χ1) is 5.13. The summed E-state index contributed by atoms with van der Waals surface area (Å²) < 4.78 is 0.470. The number of carboxylic acids is 1. The molecule has 58 valence electrons. The van der Waals surface area contributed by atoms with E-state index < -0.39 is 11.9 Å². The van der Waals surface area contributed by atoms with E-state index in [1.165, 1.54) is 6.08 Å². The lowest BCUT2D eigenvalue weighted by atomic mass is 10.00. The molecule has 1 N–H and O–H groups in total. The Morgan fingerprint density at radius 1 is 1.64 bits per heavy atom. The smallest absolute Gasteiger partial charge is 0.318 e. The normalized spacial score (nSPS) is 23.2. The second-order valence-corrected chi connectivity index (χ2v) is 3.24. The minimum Gasteiger partial charge on any atom is -0.480 e. The van der Waals surface area contributed by atoms with Gasteiger partial charge in [0.1, 0.15) is 5.92 Å². The highest BCUT2D eigenvalue weighted by Gasteiger charge is 2.26. The number of carbonyl (C=O) groups is 2. The van der Waals surface area contributed by atoms with Crippen LogP contribution in [-0.4, -0.2) is 16.9 Å². The van der Waals surface area contributed by atoms with Gasteiger partial charge in [-0.1, -0.05) is 12.2 Å². The predicted octanol–water partition coefficient (Wildman–Crippen LogP) is 1.15. The number of allylic oxidation sites excluding steroid dienone is 3. The Balaban J connectivity index is 2.90. The summed E-state index contributed by atoms with van der Waals surface area (Å²) >= 11 is 1.83. The van der Waals surface area contributed by atoms with Crippen LogP contribution in [0.25, 0.3) is 0 Å². The van der Waals surface area contributed by atoms with Gasteiger partial charge in [-0.05, 0) is 28.7 Å². The summed E-state index contributed by atoms with van der Waals surface area (Å²) in [7, 11) is 0. The van der Waals surface area contributed by atoms with Crippen molar-refractivity contribution in [3.63, 3.8) is 0 Å². The van der Waals surface area contributed by atoms with Gasteiger partial charge in [-0.15, -0.1) is 0 Å². The molecule has 0 heterocycles. The summed E-state index contributed by atoms with van der Waals surface area (Å²) in [4.78, 5) is 21.5. The van der Waals surface area contributed by atoms with Crippen LogP contribution in [0, 0.1) is 5.92 Å². The first-order valence-corrected chi connectivity index (χ1v) is 4.02. The van der Waals surface area contributed by atoms with E-state index in [0.717, 1.165) is 0 Å². The molecule has 0 saturated carbocycles. The molecule has 0 spiro atoms. The van der Waals surface area contributed by atoms with Crippen LogP contribution in [0.15, 0.2) is 21.8 Å². The first kappa shape index (κ1) is 8.45. The zero-order chi connectivity index (χ0) is 8.43. The highest BCUT2D eigenvalue weighted by atomic mass is 127. The van der Waals surface area contributed by atoms with Crippen LogP contribution >= 0.6 is 22.6 Å². The van der Waals surface area contributed by atoms with Crippen molar-refractivity contribution in [2.45, 2.75) is 0 Å². The van der Waals surface area contributed by atoms with Crippen molar-refractivity contribution >= 4 is 34.3 Å². The highest BCUT2D eigenvalue weighted by Crippen LogP contribution is 2.19. The number of aliphatic carboxylic acids is 1. The zero-order valence-electron chi connectivity index (χ0n) is 5.45. The maximum atomic E-state index is 11.1. The molecule has 0 amide bonds. The Hall–Kier alpha value is -0.650. The average Bonchev–Trinajstić information content (AvgIpc) is 1.94. The summed E-state index contributed by atoms with van der Waals surface area (Å²) in [6.07, 6.45) is 4.57. The van der Waals surface area contributed by atoms with E-state index in [2.05, 4.69) is 0 Å². The summed E-state index contributed by atoms with van der Waals surface area (Å²) in [6, 6.07) is 0. The molecule has 1 atom stereocenters. The fourth-order valence-corrected chi connectivity index (χ4v) is 1.31. The van der Waals surface area contributed by atoms with Crippen molar-refractivity contribution in [1.29, 1.82) is 0 Å². The second-order valence-electron chi connectivity index (χ2n) is 2.08. The number of carbonyl (C=O) groups excluding carboxylic acids is 1. The Bertz CT molecular complexity index is 265. The van der Waals surface area contributed by atoms with Gasteiger partial charge < -0.3 is 5.11 Å². The van der Waals surface area contributed by atoms with Gasteiger partial charge in [0.15, 0.2) is 5.78 Å². The number of ketones is 1. The van der Waals surface area contributed by atoms with Crippen LogP contribution in [0.5, 0.6) is 0 Å². The molecule has 1 rings (SSSR count). The largest absolute Gasteiger partial charge is 0.480 e. The molecule has 1 unspecified atom stereocenters. The van der Waals surface area contributed by atoms with Gasteiger partial charge in [0.05, 0.1) is 3.58 Å². The summed E-state index contributed by atoms with van der Waals surface area (Å²) in [5.74, 6) is -2.40. The molecule has 1 aliphatic carbocycles. The monoisotopic (exact) mass is 264 g/mol. The third-order valence-corrected chi connectivity index (χ3v) is 2.22. The van der Waals surface area contributed by atoms with Crippen molar-refractivity contribution < 1.29 is 14.7 Å². The predicted molar refractivity (Wildman–Crippen MR) is 47.4 cm³/mol. The van der Waals surface area contributed by atoms with Crippen LogP contribution in [0.1, 0.15) is 0 Å². The van der Waals surface area contributed by atoms with Crippen molar-refractivity contribution in [2.24, 2.45) is 5.92 Å². The van der Waals surface area contributed by atoms with E-state index >= 15 is 0 Å². The van der Waals surface area contributed by atoms with Crippen LogP contribution < -0.4 is 0 Å². The molecule has 11 heavy (non-hydrogen) atoms. The van der Waals surface area contributed by atoms with Crippen molar-refractivity contribution in [2.75, 3.05) is 0 Å². The lowest BCUT2D eigenvalue weighted by molar-refractivity contribution is -0.143. The highest BCUT2D eigenvalue weighted by molar-refractivity contribution is 14.1. The molecule has 4 heteroatoms. The molecule has 0 fully saturated rings. The lowest BCUT2D eigenvalue weighted by Crippen LogP contribution is -2.23. The second kappa shape index (κ2) is 3.17. The minimum atomic E-state index is -1.09. The average molecular weight is 264 g/mol. The molecule has 0 radical (unpaired) electrons. The molecule has 0 saturated heterocycles. The van der Waals surface area contributed by atoms with Gasteiger partial charge in [-0.25, -0.2) is 0 Å².